The molecule has 38 heavy (non-hydrogen) atoms. The van der Waals surface area contributed by atoms with E-state index in [1.165, 1.54) is 0 Å². The van der Waals surface area contributed by atoms with E-state index in [-0.39, 0.29) is 29.9 Å². The maximum Gasteiger partial charge on any atom is 0.136 e. The molecule has 5 heteroatoms. The summed E-state index contributed by atoms with van der Waals surface area (Å²) in [5.41, 5.74) is 3.08. The van der Waals surface area contributed by atoms with Crippen molar-refractivity contribution in [2.45, 2.75) is 61.5 Å². The second kappa shape index (κ2) is 13.7. The lowest BCUT2D eigenvalue weighted by atomic mass is 9.99. The first-order valence-electron chi connectivity index (χ1n) is 13.1. The highest BCUT2D eigenvalue weighted by molar-refractivity contribution is 7.99. The number of thioether (sulfide) groups is 1. The van der Waals surface area contributed by atoms with Gasteiger partial charge >= 0.3 is 0 Å². The lowest BCUT2D eigenvalue weighted by Crippen LogP contribution is -2.58. The Morgan fingerprint density at radius 2 is 0.921 bits per heavy atom. The molecule has 0 unspecified atom stereocenters. The first-order valence-corrected chi connectivity index (χ1v) is 14.0. The zero-order chi connectivity index (χ0) is 26.0. The monoisotopic (exact) mass is 526 g/mol. The molecular formula is C33H34O4S. The van der Waals surface area contributed by atoms with Gasteiger partial charge in [-0.2, -0.15) is 0 Å². The highest BCUT2D eigenvalue weighted by atomic mass is 32.2. The molecule has 1 fully saturated rings. The molecule has 1 aliphatic rings. The predicted molar refractivity (Wildman–Crippen MR) is 152 cm³/mol. The van der Waals surface area contributed by atoms with E-state index in [1.54, 1.807) is 11.8 Å². The Labute approximate surface area is 229 Å². The Kier molecular flexibility index (Phi) is 9.64. The lowest BCUT2D eigenvalue weighted by molar-refractivity contribution is -0.242. The smallest absolute Gasteiger partial charge is 0.136 e. The predicted octanol–water partition coefficient (Wildman–Crippen LogP) is 7.28. The largest absolute Gasteiger partial charge is 0.368 e. The van der Waals surface area contributed by atoms with Crippen molar-refractivity contribution in [3.8, 4) is 0 Å². The molecule has 0 bridgehead atoms. The van der Waals surface area contributed by atoms with Crippen molar-refractivity contribution in [2.24, 2.45) is 0 Å². The van der Waals surface area contributed by atoms with E-state index in [4.69, 9.17) is 18.9 Å². The third kappa shape index (κ3) is 7.34. The topological polar surface area (TPSA) is 36.9 Å². The third-order valence-electron chi connectivity index (χ3n) is 6.58. The van der Waals surface area contributed by atoms with Crippen LogP contribution in [0.1, 0.15) is 23.6 Å². The highest BCUT2D eigenvalue weighted by Crippen LogP contribution is 2.38. The standard InChI is InChI=1S/C33H34O4S/c1-25-30(34-22-26-14-6-2-7-15-26)31(35-23-27-16-8-3-9-17-27)32(36-24-28-18-10-4-11-19-28)33(37-25)38-29-20-12-5-13-21-29/h2-21,25,30-33H,22-24H2,1H3/t25-,30+,31+,32-,33-/m0/s1. The normalized spacial score (nSPS) is 23.2. The number of rotatable bonds is 11. The fraction of sp³-hybridized carbons (Fsp3) is 0.273. The van der Waals surface area contributed by atoms with Gasteiger partial charge in [0.1, 0.15) is 23.7 Å². The van der Waals surface area contributed by atoms with Gasteiger partial charge in [0.15, 0.2) is 0 Å². The second-order valence-electron chi connectivity index (χ2n) is 9.42. The summed E-state index contributed by atoms with van der Waals surface area (Å²) in [5, 5.41) is 0. The van der Waals surface area contributed by atoms with E-state index in [0.717, 1.165) is 21.6 Å². The van der Waals surface area contributed by atoms with Gasteiger partial charge < -0.3 is 18.9 Å². The van der Waals surface area contributed by atoms with Crippen molar-refractivity contribution < 1.29 is 18.9 Å². The fourth-order valence-corrected chi connectivity index (χ4v) is 5.78. The van der Waals surface area contributed by atoms with Crippen LogP contribution in [0.25, 0.3) is 0 Å². The van der Waals surface area contributed by atoms with Gasteiger partial charge in [0.2, 0.25) is 0 Å². The van der Waals surface area contributed by atoms with E-state index in [1.807, 2.05) is 72.8 Å². The van der Waals surface area contributed by atoms with Crippen LogP contribution in [0.15, 0.2) is 126 Å². The van der Waals surface area contributed by atoms with E-state index in [9.17, 15) is 0 Å². The van der Waals surface area contributed by atoms with Crippen LogP contribution in [0.2, 0.25) is 0 Å². The number of ether oxygens (including phenoxy) is 4. The molecule has 4 aromatic carbocycles. The molecule has 5 rings (SSSR count). The molecule has 0 saturated carbocycles. The van der Waals surface area contributed by atoms with Gasteiger partial charge in [-0.3, -0.25) is 0 Å². The Morgan fingerprint density at radius 3 is 1.39 bits per heavy atom. The van der Waals surface area contributed by atoms with E-state index in [2.05, 4.69) is 55.5 Å². The molecule has 1 heterocycles. The van der Waals surface area contributed by atoms with Gasteiger partial charge in [0, 0.05) is 4.90 Å². The second-order valence-corrected chi connectivity index (χ2v) is 10.6. The van der Waals surface area contributed by atoms with Crippen LogP contribution in [-0.4, -0.2) is 29.9 Å². The lowest BCUT2D eigenvalue weighted by Gasteiger charge is -2.45. The van der Waals surface area contributed by atoms with Crippen molar-refractivity contribution in [1.82, 2.24) is 0 Å². The first kappa shape index (κ1) is 26.7. The third-order valence-corrected chi connectivity index (χ3v) is 7.73. The molecule has 0 amide bonds. The summed E-state index contributed by atoms with van der Waals surface area (Å²) in [6.07, 6.45) is -1.15. The molecule has 0 aliphatic carbocycles. The van der Waals surface area contributed by atoms with Crippen molar-refractivity contribution >= 4 is 11.8 Å². The van der Waals surface area contributed by atoms with Crippen LogP contribution in [0.4, 0.5) is 0 Å². The minimum Gasteiger partial charge on any atom is -0.368 e. The Morgan fingerprint density at radius 1 is 0.526 bits per heavy atom. The van der Waals surface area contributed by atoms with Gasteiger partial charge in [-0.1, -0.05) is 121 Å². The molecular weight excluding hydrogens is 492 g/mol. The van der Waals surface area contributed by atoms with Gasteiger partial charge in [0.05, 0.1) is 25.9 Å². The van der Waals surface area contributed by atoms with Gasteiger partial charge in [-0.15, -0.1) is 0 Å². The molecule has 0 spiro atoms. The summed E-state index contributed by atoms with van der Waals surface area (Å²) in [4.78, 5) is 1.13. The molecule has 5 atom stereocenters. The maximum absolute atomic E-state index is 6.67. The van der Waals surface area contributed by atoms with Crippen LogP contribution in [0.3, 0.4) is 0 Å². The van der Waals surface area contributed by atoms with Crippen molar-refractivity contribution in [3.05, 3.63) is 138 Å². The first-order chi connectivity index (χ1) is 18.8. The Balaban J connectivity index is 1.41. The quantitative estimate of drug-likeness (QED) is 0.205. The van der Waals surface area contributed by atoms with E-state index < -0.39 is 0 Å². The Bertz CT molecular complexity index is 1210. The van der Waals surface area contributed by atoms with Gasteiger partial charge in [-0.25, -0.2) is 0 Å². The SMILES string of the molecule is C[C@@H]1O[C@@H](Sc2ccccc2)[C@@H](OCc2ccccc2)[C@H](OCc2ccccc2)[C@@H]1OCc1ccccc1. The van der Waals surface area contributed by atoms with Crippen molar-refractivity contribution in [1.29, 1.82) is 0 Å². The Hall–Kier alpha value is -2.93. The molecule has 196 valence electrons. The zero-order valence-electron chi connectivity index (χ0n) is 21.6. The van der Waals surface area contributed by atoms with Gasteiger partial charge in [-0.05, 0) is 35.7 Å². The van der Waals surface area contributed by atoms with Crippen molar-refractivity contribution in [2.75, 3.05) is 0 Å². The minimum absolute atomic E-state index is 0.183. The van der Waals surface area contributed by atoms with E-state index >= 15 is 0 Å². The average Bonchev–Trinajstić information content (AvgIpc) is 2.97. The number of hydrogen-bond donors (Lipinski definition) is 0. The summed E-state index contributed by atoms with van der Waals surface area (Å²) in [5.74, 6) is 0. The average molecular weight is 527 g/mol. The molecule has 0 aromatic heterocycles. The molecule has 0 N–H and O–H groups in total. The summed E-state index contributed by atoms with van der Waals surface area (Å²) in [7, 11) is 0. The summed E-state index contributed by atoms with van der Waals surface area (Å²) >= 11 is 1.67. The van der Waals surface area contributed by atoms with Crippen LogP contribution < -0.4 is 0 Å². The summed E-state index contributed by atoms with van der Waals surface area (Å²) < 4.78 is 26.4. The van der Waals surface area contributed by atoms with Crippen LogP contribution in [-0.2, 0) is 38.8 Å². The van der Waals surface area contributed by atoms with Crippen LogP contribution in [0, 0.1) is 0 Å². The fourth-order valence-electron chi connectivity index (χ4n) is 4.60. The van der Waals surface area contributed by atoms with Crippen molar-refractivity contribution in [3.63, 3.8) is 0 Å². The molecule has 4 nitrogen and oxygen atoms in total. The summed E-state index contributed by atoms with van der Waals surface area (Å²) in [6, 6.07) is 41.0. The summed E-state index contributed by atoms with van der Waals surface area (Å²) in [6.45, 7) is 3.48. The van der Waals surface area contributed by atoms with E-state index in [0.29, 0.717) is 19.8 Å². The molecule has 1 aliphatic heterocycles. The molecule has 0 radical (unpaired) electrons. The zero-order valence-corrected chi connectivity index (χ0v) is 22.4. The number of hydrogen-bond acceptors (Lipinski definition) is 5. The highest BCUT2D eigenvalue weighted by Gasteiger charge is 2.47. The van der Waals surface area contributed by atoms with Gasteiger partial charge in [0.25, 0.3) is 0 Å². The number of benzene rings is 4. The molecule has 1 saturated heterocycles. The maximum atomic E-state index is 6.67. The minimum atomic E-state index is -0.346. The van der Waals surface area contributed by atoms with Crippen LogP contribution >= 0.6 is 11.8 Å². The molecule has 4 aromatic rings. The van der Waals surface area contributed by atoms with Crippen LogP contribution in [0.5, 0.6) is 0 Å².